The summed E-state index contributed by atoms with van der Waals surface area (Å²) in [6.07, 6.45) is 0. The van der Waals surface area contributed by atoms with Gasteiger partial charge in [0.05, 0.1) is 0 Å². The molecule has 0 atom stereocenters. The second-order valence-corrected chi connectivity index (χ2v) is 6.24. The zero-order valence-electron chi connectivity index (χ0n) is 14.7. The molecule has 0 aliphatic carbocycles. The molecule has 0 spiro atoms. The fraction of sp³-hybridized carbons (Fsp3) is 0.529. The lowest BCUT2D eigenvalue weighted by molar-refractivity contribution is -0.114. The van der Waals surface area contributed by atoms with Crippen molar-refractivity contribution in [3.05, 3.63) is 24.3 Å². The van der Waals surface area contributed by atoms with Crippen molar-refractivity contribution in [1.29, 1.82) is 0 Å². The summed E-state index contributed by atoms with van der Waals surface area (Å²) in [5, 5.41) is 5.75. The molecule has 1 heterocycles. The molecule has 24 heavy (non-hydrogen) atoms. The van der Waals surface area contributed by atoms with Crippen molar-refractivity contribution in [2.75, 3.05) is 63.6 Å². The molecule has 7 heteroatoms. The van der Waals surface area contributed by atoms with Crippen molar-refractivity contribution in [2.45, 2.75) is 6.92 Å². The maximum absolute atomic E-state index is 12.1. The highest BCUT2D eigenvalue weighted by Gasteiger charge is 2.21. The Morgan fingerprint density at radius 3 is 2.50 bits per heavy atom. The summed E-state index contributed by atoms with van der Waals surface area (Å²) in [6, 6.07) is 7.80. The lowest BCUT2D eigenvalue weighted by Crippen LogP contribution is -2.52. The zero-order chi connectivity index (χ0) is 17.5. The van der Waals surface area contributed by atoms with Gasteiger partial charge in [0.1, 0.15) is 0 Å². The number of likely N-dealkylation sites (N-methyl/N-ethyl adjacent to an activating group) is 1. The molecule has 1 aromatic rings. The van der Waals surface area contributed by atoms with E-state index < -0.39 is 0 Å². The molecule has 1 aromatic carbocycles. The normalized spacial score (nSPS) is 14.7. The minimum Gasteiger partial charge on any atom is -0.368 e. The van der Waals surface area contributed by atoms with E-state index >= 15 is 0 Å². The van der Waals surface area contributed by atoms with E-state index in [1.807, 2.05) is 48.2 Å². The van der Waals surface area contributed by atoms with Gasteiger partial charge in [-0.15, -0.1) is 0 Å². The summed E-state index contributed by atoms with van der Waals surface area (Å²) >= 11 is 0. The minimum atomic E-state index is -0.0774. The summed E-state index contributed by atoms with van der Waals surface area (Å²) in [6.45, 7) is 5.94. The van der Waals surface area contributed by atoms with Crippen molar-refractivity contribution in [3.8, 4) is 0 Å². The number of nitrogens with zero attached hydrogens (tertiary/aromatic N) is 3. The number of carbonyl (C=O) groups excluding carboxylic acids is 2. The molecule has 7 nitrogen and oxygen atoms in total. The van der Waals surface area contributed by atoms with Gasteiger partial charge in [0.25, 0.3) is 0 Å². The van der Waals surface area contributed by atoms with Gasteiger partial charge in [-0.1, -0.05) is 6.07 Å². The molecule has 1 aliphatic rings. The second-order valence-electron chi connectivity index (χ2n) is 6.24. The summed E-state index contributed by atoms with van der Waals surface area (Å²) in [5.74, 6) is -0.0774. The third kappa shape index (κ3) is 5.42. The Bertz CT molecular complexity index is 568. The third-order valence-electron chi connectivity index (χ3n) is 3.93. The Balaban J connectivity index is 1.84. The van der Waals surface area contributed by atoms with Crippen LogP contribution in [0, 0.1) is 0 Å². The zero-order valence-corrected chi connectivity index (χ0v) is 14.7. The number of hydrogen-bond donors (Lipinski definition) is 2. The SMILES string of the molecule is CC(=O)Nc1cccc(N2CCN(C(=O)NCCN(C)C)CC2)c1. The number of hydrogen-bond acceptors (Lipinski definition) is 4. The van der Waals surface area contributed by atoms with Gasteiger partial charge < -0.3 is 25.3 Å². The van der Waals surface area contributed by atoms with Gasteiger partial charge in [-0.25, -0.2) is 4.79 Å². The van der Waals surface area contributed by atoms with Crippen molar-refractivity contribution in [1.82, 2.24) is 15.1 Å². The summed E-state index contributed by atoms with van der Waals surface area (Å²) in [5.41, 5.74) is 1.86. The van der Waals surface area contributed by atoms with Crippen LogP contribution in [0.25, 0.3) is 0 Å². The maximum Gasteiger partial charge on any atom is 0.317 e. The van der Waals surface area contributed by atoms with Gasteiger partial charge in [-0.05, 0) is 32.3 Å². The van der Waals surface area contributed by atoms with Crippen LogP contribution >= 0.6 is 0 Å². The standard InChI is InChI=1S/C17H27N5O2/c1-14(23)19-15-5-4-6-16(13-15)21-9-11-22(12-10-21)17(24)18-7-8-20(2)3/h4-6,13H,7-12H2,1-3H3,(H,18,24)(H,19,23). The number of piperazine rings is 1. The van der Waals surface area contributed by atoms with Gasteiger partial charge in [0.2, 0.25) is 5.91 Å². The number of rotatable bonds is 5. The molecule has 0 aromatic heterocycles. The molecule has 2 rings (SSSR count). The van der Waals surface area contributed by atoms with Crippen molar-refractivity contribution >= 4 is 23.3 Å². The smallest absolute Gasteiger partial charge is 0.317 e. The van der Waals surface area contributed by atoms with Crippen molar-refractivity contribution in [3.63, 3.8) is 0 Å². The minimum absolute atomic E-state index is 0.00324. The Morgan fingerprint density at radius 1 is 1.17 bits per heavy atom. The molecule has 3 amide bonds. The first-order chi connectivity index (χ1) is 11.5. The lowest BCUT2D eigenvalue weighted by Gasteiger charge is -2.36. The van der Waals surface area contributed by atoms with E-state index in [1.54, 1.807) is 0 Å². The Morgan fingerprint density at radius 2 is 1.88 bits per heavy atom. The molecule has 1 aliphatic heterocycles. The van der Waals surface area contributed by atoms with Crippen LogP contribution < -0.4 is 15.5 Å². The average molecular weight is 333 g/mol. The van der Waals surface area contributed by atoms with Crippen LogP contribution in [0.2, 0.25) is 0 Å². The van der Waals surface area contributed by atoms with Gasteiger partial charge in [0.15, 0.2) is 0 Å². The quantitative estimate of drug-likeness (QED) is 0.845. The molecule has 1 saturated heterocycles. The van der Waals surface area contributed by atoms with Crippen LogP contribution in [0.1, 0.15) is 6.92 Å². The van der Waals surface area contributed by atoms with Crippen LogP contribution in [0.5, 0.6) is 0 Å². The van der Waals surface area contributed by atoms with E-state index in [-0.39, 0.29) is 11.9 Å². The number of benzene rings is 1. The first kappa shape index (κ1) is 18.1. The fourth-order valence-electron chi connectivity index (χ4n) is 2.65. The predicted octanol–water partition coefficient (Wildman–Crippen LogP) is 1.04. The Kier molecular flexibility index (Phi) is 6.43. The number of nitrogens with one attached hydrogen (secondary N) is 2. The van der Waals surface area contributed by atoms with Gasteiger partial charge in [0, 0.05) is 57.6 Å². The average Bonchev–Trinajstić information content (AvgIpc) is 2.54. The molecular formula is C17H27N5O2. The van der Waals surface area contributed by atoms with Crippen LogP contribution in [0.3, 0.4) is 0 Å². The van der Waals surface area contributed by atoms with Crippen LogP contribution in [-0.2, 0) is 4.79 Å². The molecular weight excluding hydrogens is 306 g/mol. The molecule has 0 bridgehead atoms. The van der Waals surface area contributed by atoms with E-state index in [2.05, 4.69) is 15.5 Å². The fourth-order valence-corrected chi connectivity index (χ4v) is 2.65. The Hall–Kier alpha value is -2.28. The van der Waals surface area contributed by atoms with Gasteiger partial charge in [-0.3, -0.25) is 4.79 Å². The monoisotopic (exact) mass is 333 g/mol. The molecule has 2 N–H and O–H groups in total. The molecule has 132 valence electrons. The number of amides is 3. The largest absolute Gasteiger partial charge is 0.368 e. The number of urea groups is 1. The number of anilines is 2. The van der Waals surface area contributed by atoms with Crippen LogP contribution in [0.4, 0.5) is 16.2 Å². The third-order valence-corrected chi connectivity index (χ3v) is 3.93. The highest BCUT2D eigenvalue weighted by molar-refractivity contribution is 5.89. The summed E-state index contributed by atoms with van der Waals surface area (Å²) < 4.78 is 0. The van der Waals surface area contributed by atoms with E-state index in [9.17, 15) is 9.59 Å². The molecule has 0 unspecified atom stereocenters. The lowest BCUT2D eigenvalue weighted by atomic mass is 10.2. The second kappa shape index (κ2) is 8.54. The highest BCUT2D eigenvalue weighted by Crippen LogP contribution is 2.21. The molecule has 0 saturated carbocycles. The first-order valence-corrected chi connectivity index (χ1v) is 8.26. The van der Waals surface area contributed by atoms with Crippen molar-refractivity contribution in [2.24, 2.45) is 0 Å². The van der Waals surface area contributed by atoms with Crippen molar-refractivity contribution < 1.29 is 9.59 Å². The van der Waals surface area contributed by atoms with E-state index in [0.717, 1.165) is 31.0 Å². The maximum atomic E-state index is 12.1. The molecule has 0 radical (unpaired) electrons. The first-order valence-electron chi connectivity index (χ1n) is 8.26. The summed E-state index contributed by atoms with van der Waals surface area (Å²) in [7, 11) is 3.97. The molecule has 1 fully saturated rings. The van der Waals surface area contributed by atoms with Gasteiger partial charge >= 0.3 is 6.03 Å². The highest BCUT2D eigenvalue weighted by atomic mass is 16.2. The van der Waals surface area contributed by atoms with Gasteiger partial charge in [-0.2, -0.15) is 0 Å². The van der Waals surface area contributed by atoms with E-state index in [1.165, 1.54) is 6.92 Å². The summed E-state index contributed by atoms with van der Waals surface area (Å²) in [4.78, 5) is 29.4. The predicted molar refractivity (Wildman–Crippen MR) is 96.5 cm³/mol. The van der Waals surface area contributed by atoms with Crippen LogP contribution in [-0.4, -0.2) is 75.1 Å². The van der Waals surface area contributed by atoms with E-state index in [4.69, 9.17) is 0 Å². The number of carbonyl (C=O) groups is 2. The topological polar surface area (TPSA) is 67.9 Å². The van der Waals surface area contributed by atoms with E-state index in [0.29, 0.717) is 19.6 Å². The van der Waals surface area contributed by atoms with Crippen LogP contribution in [0.15, 0.2) is 24.3 Å². The Labute approximate surface area is 143 Å².